The molecule has 4 nitrogen and oxygen atoms in total. The SMILES string of the molecule is CCc1oc2cc3oc(CC)c(C)c(=O)c3cc2c(=O)c1C. The molecule has 0 saturated heterocycles. The third kappa shape index (κ3) is 1.98. The van der Waals surface area contributed by atoms with Crippen LogP contribution in [0.15, 0.2) is 30.6 Å². The van der Waals surface area contributed by atoms with Crippen LogP contribution in [-0.2, 0) is 12.8 Å². The van der Waals surface area contributed by atoms with E-state index in [1.807, 2.05) is 13.8 Å². The van der Waals surface area contributed by atoms with Crippen LogP contribution in [0.3, 0.4) is 0 Å². The van der Waals surface area contributed by atoms with Crippen molar-refractivity contribution in [1.29, 1.82) is 0 Å². The standard InChI is InChI=1S/C18H18O4/c1-5-13-9(3)17(19)11-7-12-16(8-15(11)21-13)22-14(6-2)10(4)18(12)20/h7-8H,5-6H2,1-4H3. The highest BCUT2D eigenvalue weighted by Crippen LogP contribution is 2.23. The van der Waals surface area contributed by atoms with Crippen molar-refractivity contribution in [2.75, 3.05) is 0 Å². The van der Waals surface area contributed by atoms with Gasteiger partial charge in [-0.25, -0.2) is 0 Å². The Balaban J connectivity index is 2.52. The molecule has 3 aromatic rings. The highest BCUT2D eigenvalue weighted by atomic mass is 16.3. The fourth-order valence-corrected chi connectivity index (χ4v) is 2.84. The molecule has 0 N–H and O–H groups in total. The van der Waals surface area contributed by atoms with Gasteiger partial charge in [-0.2, -0.15) is 0 Å². The molecule has 2 heterocycles. The normalized spacial score (nSPS) is 11.5. The van der Waals surface area contributed by atoms with Crippen LogP contribution >= 0.6 is 0 Å². The monoisotopic (exact) mass is 298 g/mol. The van der Waals surface area contributed by atoms with E-state index in [0.717, 1.165) is 0 Å². The summed E-state index contributed by atoms with van der Waals surface area (Å²) in [6.07, 6.45) is 1.29. The van der Waals surface area contributed by atoms with Crippen molar-refractivity contribution in [2.24, 2.45) is 0 Å². The highest BCUT2D eigenvalue weighted by Gasteiger charge is 2.15. The Kier molecular flexibility index (Phi) is 3.39. The second-order valence-corrected chi connectivity index (χ2v) is 5.51. The van der Waals surface area contributed by atoms with Crippen LogP contribution in [0, 0.1) is 13.8 Å². The van der Waals surface area contributed by atoms with E-state index in [9.17, 15) is 9.59 Å². The zero-order valence-corrected chi connectivity index (χ0v) is 13.2. The molecule has 0 fully saturated rings. The third-order valence-corrected chi connectivity index (χ3v) is 4.20. The first-order valence-electron chi connectivity index (χ1n) is 7.50. The Morgan fingerprint density at radius 3 is 1.55 bits per heavy atom. The van der Waals surface area contributed by atoms with Gasteiger partial charge in [0.05, 0.1) is 10.8 Å². The highest BCUT2D eigenvalue weighted by molar-refractivity contribution is 5.93. The molecule has 1 aromatic carbocycles. The molecule has 0 saturated carbocycles. The van der Waals surface area contributed by atoms with Crippen LogP contribution in [0.1, 0.15) is 36.5 Å². The molecule has 0 aliphatic carbocycles. The van der Waals surface area contributed by atoms with Crippen molar-refractivity contribution >= 4 is 21.9 Å². The molecule has 4 heteroatoms. The molecule has 0 unspecified atom stereocenters. The fraction of sp³-hybridized carbons (Fsp3) is 0.333. The van der Waals surface area contributed by atoms with Gasteiger partial charge in [0.25, 0.3) is 0 Å². The van der Waals surface area contributed by atoms with E-state index >= 15 is 0 Å². The second kappa shape index (κ2) is 5.13. The quantitative estimate of drug-likeness (QED) is 0.678. The zero-order valence-electron chi connectivity index (χ0n) is 13.2. The number of aryl methyl sites for hydroxylation is 2. The van der Waals surface area contributed by atoms with Crippen molar-refractivity contribution in [3.8, 4) is 0 Å². The lowest BCUT2D eigenvalue weighted by molar-refractivity contribution is 0.527. The number of hydrogen-bond acceptors (Lipinski definition) is 4. The summed E-state index contributed by atoms with van der Waals surface area (Å²) in [5.74, 6) is 1.34. The maximum atomic E-state index is 12.5. The average molecular weight is 298 g/mol. The van der Waals surface area contributed by atoms with Crippen LogP contribution in [0.25, 0.3) is 21.9 Å². The molecular formula is C18H18O4. The molecule has 0 spiro atoms. The predicted molar refractivity (Wildman–Crippen MR) is 86.8 cm³/mol. The molecular weight excluding hydrogens is 280 g/mol. The first kappa shape index (κ1) is 14.6. The summed E-state index contributed by atoms with van der Waals surface area (Å²) >= 11 is 0. The lowest BCUT2D eigenvalue weighted by Crippen LogP contribution is -2.12. The van der Waals surface area contributed by atoms with E-state index in [4.69, 9.17) is 8.83 Å². The fourth-order valence-electron chi connectivity index (χ4n) is 2.84. The third-order valence-electron chi connectivity index (χ3n) is 4.20. The summed E-state index contributed by atoms with van der Waals surface area (Å²) < 4.78 is 11.6. The van der Waals surface area contributed by atoms with E-state index in [2.05, 4.69) is 0 Å². The summed E-state index contributed by atoms with van der Waals surface area (Å²) in [7, 11) is 0. The molecule has 0 radical (unpaired) electrons. The van der Waals surface area contributed by atoms with Gasteiger partial charge in [0.1, 0.15) is 22.7 Å². The summed E-state index contributed by atoms with van der Waals surface area (Å²) in [6, 6.07) is 3.26. The predicted octanol–water partition coefficient (Wildman–Crippen LogP) is 3.64. The Hall–Kier alpha value is -2.36. The molecule has 114 valence electrons. The second-order valence-electron chi connectivity index (χ2n) is 5.51. The lowest BCUT2D eigenvalue weighted by atomic mass is 10.1. The van der Waals surface area contributed by atoms with Crippen LogP contribution in [0.5, 0.6) is 0 Å². The Morgan fingerprint density at radius 1 is 0.773 bits per heavy atom. The number of hydrogen-bond donors (Lipinski definition) is 0. The lowest BCUT2D eigenvalue weighted by Gasteiger charge is -2.08. The molecule has 0 aliphatic rings. The van der Waals surface area contributed by atoms with Crippen molar-refractivity contribution in [3.63, 3.8) is 0 Å². The number of fused-ring (bicyclic) bond motifs is 2. The van der Waals surface area contributed by atoms with Gasteiger partial charge in [0.15, 0.2) is 10.9 Å². The van der Waals surface area contributed by atoms with E-state index < -0.39 is 0 Å². The molecule has 2 aromatic heterocycles. The van der Waals surface area contributed by atoms with Gasteiger partial charge in [0, 0.05) is 30.0 Å². The largest absolute Gasteiger partial charge is 0.460 e. The van der Waals surface area contributed by atoms with Crippen LogP contribution in [0.2, 0.25) is 0 Å². The minimum atomic E-state index is -0.0865. The summed E-state index contributed by atoms with van der Waals surface area (Å²) in [5.41, 5.74) is 1.96. The first-order chi connectivity index (χ1) is 10.5. The van der Waals surface area contributed by atoms with Crippen LogP contribution in [0.4, 0.5) is 0 Å². The minimum Gasteiger partial charge on any atom is -0.460 e. The molecule has 22 heavy (non-hydrogen) atoms. The van der Waals surface area contributed by atoms with Crippen molar-refractivity contribution < 1.29 is 8.83 Å². The maximum absolute atomic E-state index is 12.5. The Labute approximate surface area is 127 Å². The average Bonchev–Trinajstić information content (AvgIpc) is 2.53. The molecule has 0 amide bonds. The summed E-state index contributed by atoms with van der Waals surface area (Å²) in [5, 5.41) is 0.858. The van der Waals surface area contributed by atoms with Gasteiger partial charge in [-0.3, -0.25) is 9.59 Å². The smallest absolute Gasteiger partial charge is 0.195 e. The molecule has 0 bridgehead atoms. The van der Waals surface area contributed by atoms with E-state index in [0.29, 0.717) is 57.4 Å². The van der Waals surface area contributed by atoms with E-state index in [1.54, 1.807) is 26.0 Å². The van der Waals surface area contributed by atoms with Crippen molar-refractivity contribution in [2.45, 2.75) is 40.5 Å². The van der Waals surface area contributed by atoms with E-state index in [-0.39, 0.29) is 10.9 Å². The van der Waals surface area contributed by atoms with Gasteiger partial charge < -0.3 is 8.83 Å². The summed E-state index contributed by atoms with van der Waals surface area (Å²) in [6.45, 7) is 7.39. The van der Waals surface area contributed by atoms with Gasteiger partial charge >= 0.3 is 0 Å². The van der Waals surface area contributed by atoms with Crippen molar-refractivity contribution in [1.82, 2.24) is 0 Å². The number of rotatable bonds is 2. The first-order valence-corrected chi connectivity index (χ1v) is 7.50. The van der Waals surface area contributed by atoms with Crippen molar-refractivity contribution in [3.05, 3.63) is 55.2 Å². The van der Waals surface area contributed by atoms with Crippen LogP contribution < -0.4 is 10.9 Å². The maximum Gasteiger partial charge on any atom is 0.195 e. The minimum absolute atomic E-state index is 0.0865. The Bertz CT molecular complexity index is 927. The van der Waals surface area contributed by atoms with Gasteiger partial charge in [-0.05, 0) is 19.9 Å². The molecule has 0 aliphatic heterocycles. The number of benzene rings is 1. The molecule has 3 rings (SSSR count). The Morgan fingerprint density at radius 2 is 1.18 bits per heavy atom. The topological polar surface area (TPSA) is 60.4 Å². The van der Waals surface area contributed by atoms with Gasteiger partial charge in [-0.15, -0.1) is 0 Å². The van der Waals surface area contributed by atoms with Crippen LogP contribution in [-0.4, -0.2) is 0 Å². The van der Waals surface area contributed by atoms with E-state index in [1.165, 1.54) is 0 Å². The molecule has 0 atom stereocenters. The van der Waals surface area contributed by atoms with Gasteiger partial charge in [-0.1, -0.05) is 13.8 Å². The summed E-state index contributed by atoms with van der Waals surface area (Å²) in [4.78, 5) is 25.0. The van der Waals surface area contributed by atoms with Gasteiger partial charge in [0.2, 0.25) is 0 Å². The zero-order chi connectivity index (χ0) is 16.0.